The molecule has 0 amide bonds. The number of nitrogens with zero attached hydrogens (tertiary/aromatic N) is 1. The van der Waals surface area contributed by atoms with Crippen LogP contribution in [0.2, 0.25) is 0 Å². The summed E-state index contributed by atoms with van der Waals surface area (Å²) in [6, 6.07) is 18.2. The Bertz CT molecular complexity index is 508. The summed E-state index contributed by atoms with van der Waals surface area (Å²) in [7, 11) is 0. The average Bonchev–Trinajstić information content (AvgIpc) is 2.50. The Morgan fingerprint density at radius 1 is 0.850 bits per heavy atom. The summed E-state index contributed by atoms with van der Waals surface area (Å²) in [5, 5.41) is 2.88. The Hall–Kier alpha value is -2.00. The Morgan fingerprint density at radius 2 is 1.55 bits per heavy atom. The van der Waals surface area contributed by atoms with Crippen LogP contribution in [0.3, 0.4) is 0 Å². The second kappa shape index (κ2) is 8.23. The van der Waals surface area contributed by atoms with Gasteiger partial charge in [-0.2, -0.15) is 4.91 Å². The number of hydrogen-bond acceptors (Lipinski definition) is 3. The third-order valence-corrected chi connectivity index (χ3v) is 3.14. The van der Waals surface area contributed by atoms with Crippen molar-refractivity contribution in [3.8, 4) is 0 Å². The first kappa shape index (κ1) is 14.4. The second-order valence-electron chi connectivity index (χ2n) is 4.75. The summed E-state index contributed by atoms with van der Waals surface area (Å²) in [5.74, 6) is 0. The van der Waals surface area contributed by atoms with Crippen molar-refractivity contribution in [2.45, 2.75) is 26.0 Å². The number of aryl methyl sites for hydroxylation is 1. The molecule has 0 aliphatic heterocycles. The van der Waals surface area contributed by atoms with E-state index >= 15 is 0 Å². The molecule has 20 heavy (non-hydrogen) atoms. The van der Waals surface area contributed by atoms with Crippen molar-refractivity contribution >= 4 is 0 Å². The zero-order valence-corrected chi connectivity index (χ0v) is 11.5. The molecule has 0 aliphatic carbocycles. The number of nitroso groups, excluding NO2 is 1. The Kier molecular flexibility index (Phi) is 5.93. The van der Waals surface area contributed by atoms with E-state index in [1.165, 1.54) is 11.1 Å². The summed E-state index contributed by atoms with van der Waals surface area (Å²) >= 11 is 0. The highest BCUT2D eigenvalue weighted by Crippen LogP contribution is 2.08. The molecule has 3 heteroatoms. The van der Waals surface area contributed by atoms with Crippen LogP contribution in [0.4, 0.5) is 0 Å². The fourth-order valence-electron chi connectivity index (χ4n) is 2.03. The van der Waals surface area contributed by atoms with E-state index in [-0.39, 0.29) is 6.54 Å². The van der Waals surface area contributed by atoms with Gasteiger partial charge in [-0.1, -0.05) is 59.8 Å². The SMILES string of the molecule is O=NCc1ccc(CCCOCc2ccccc2)cc1. The molecule has 0 aromatic heterocycles. The summed E-state index contributed by atoms with van der Waals surface area (Å²) in [6.45, 7) is 1.68. The molecule has 0 N–H and O–H groups in total. The fraction of sp³-hybridized carbons (Fsp3) is 0.294. The smallest absolute Gasteiger partial charge is 0.106 e. The standard InChI is InChI=1S/C17H19NO2/c19-18-13-16-10-8-15(9-11-16)7-4-12-20-14-17-5-2-1-3-6-17/h1-3,5-6,8-11H,4,7,12-14H2. The highest BCUT2D eigenvalue weighted by atomic mass is 16.5. The molecule has 0 saturated carbocycles. The van der Waals surface area contributed by atoms with Gasteiger partial charge < -0.3 is 4.74 Å². The van der Waals surface area contributed by atoms with Gasteiger partial charge in [0.15, 0.2) is 0 Å². The predicted octanol–water partition coefficient (Wildman–Crippen LogP) is 4.10. The van der Waals surface area contributed by atoms with Crippen LogP contribution in [0.15, 0.2) is 59.8 Å². The lowest BCUT2D eigenvalue weighted by Gasteiger charge is -2.05. The first-order chi connectivity index (χ1) is 9.88. The van der Waals surface area contributed by atoms with Gasteiger partial charge in [0.25, 0.3) is 0 Å². The van der Waals surface area contributed by atoms with Crippen molar-refractivity contribution in [3.63, 3.8) is 0 Å². The Labute approximate surface area is 119 Å². The number of ether oxygens (including phenoxy) is 1. The minimum atomic E-state index is 0.250. The normalized spacial score (nSPS) is 10.4. The highest BCUT2D eigenvalue weighted by molar-refractivity contribution is 5.22. The number of rotatable bonds is 8. The quantitative estimate of drug-likeness (QED) is 0.534. The number of benzene rings is 2. The fourth-order valence-corrected chi connectivity index (χ4v) is 2.03. The molecule has 2 aromatic carbocycles. The van der Waals surface area contributed by atoms with Crippen molar-refractivity contribution in [2.75, 3.05) is 6.61 Å². The molecule has 3 nitrogen and oxygen atoms in total. The van der Waals surface area contributed by atoms with Crippen molar-refractivity contribution in [1.29, 1.82) is 0 Å². The molecular weight excluding hydrogens is 250 g/mol. The minimum absolute atomic E-state index is 0.250. The molecule has 0 aliphatic rings. The van der Waals surface area contributed by atoms with Gasteiger partial charge in [0, 0.05) is 6.61 Å². The van der Waals surface area contributed by atoms with Crippen molar-refractivity contribution < 1.29 is 4.74 Å². The summed E-state index contributed by atoms with van der Waals surface area (Å²) < 4.78 is 5.65. The maximum absolute atomic E-state index is 10.2. The van der Waals surface area contributed by atoms with E-state index in [0.29, 0.717) is 6.61 Å². The van der Waals surface area contributed by atoms with Crippen LogP contribution in [0.5, 0.6) is 0 Å². The average molecular weight is 269 g/mol. The first-order valence-corrected chi connectivity index (χ1v) is 6.87. The van der Waals surface area contributed by atoms with Crippen LogP contribution < -0.4 is 0 Å². The van der Waals surface area contributed by atoms with Crippen molar-refractivity contribution in [3.05, 3.63) is 76.2 Å². The highest BCUT2D eigenvalue weighted by Gasteiger charge is 1.96. The maximum atomic E-state index is 10.2. The van der Waals surface area contributed by atoms with E-state index in [0.717, 1.165) is 25.0 Å². The van der Waals surface area contributed by atoms with Crippen LogP contribution in [0.1, 0.15) is 23.1 Å². The minimum Gasteiger partial charge on any atom is -0.377 e. The molecule has 2 rings (SSSR count). The van der Waals surface area contributed by atoms with Crippen LogP contribution >= 0.6 is 0 Å². The molecule has 0 radical (unpaired) electrons. The topological polar surface area (TPSA) is 38.7 Å². The van der Waals surface area contributed by atoms with Gasteiger partial charge >= 0.3 is 0 Å². The van der Waals surface area contributed by atoms with E-state index in [9.17, 15) is 4.91 Å². The molecule has 104 valence electrons. The van der Waals surface area contributed by atoms with E-state index in [4.69, 9.17) is 4.74 Å². The second-order valence-corrected chi connectivity index (χ2v) is 4.75. The largest absolute Gasteiger partial charge is 0.377 e. The van der Waals surface area contributed by atoms with Crippen molar-refractivity contribution in [1.82, 2.24) is 0 Å². The molecule has 0 spiro atoms. The summed E-state index contributed by atoms with van der Waals surface area (Å²) in [6.07, 6.45) is 1.99. The van der Waals surface area contributed by atoms with Gasteiger partial charge in [-0.05, 0) is 29.5 Å². The number of hydrogen-bond donors (Lipinski definition) is 0. The Balaban J connectivity index is 1.64. The molecule has 0 bridgehead atoms. The lowest BCUT2D eigenvalue weighted by atomic mass is 10.1. The molecule has 0 unspecified atom stereocenters. The van der Waals surface area contributed by atoms with Gasteiger partial charge in [0.2, 0.25) is 0 Å². The third kappa shape index (κ3) is 4.94. The molecular formula is C17H19NO2. The van der Waals surface area contributed by atoms with Crippen molar-refractivity contribution in [2.24, 2.45) is 5.18 Å². The van der Waals surface area contributed by atoms with Gasteiger partial charge in [0.1, 0.15) is 6.54 Å². The van der Waals surface area contributed by atoms with Crippen LogP contribution in [-0.4, -0.2) is 6.61 Å². The monoisotopic (exact) mass is 269 g/mol. The first-order valence-electron chi connectivity index (χ1n) is 6.87. The van der Waals surface area contributed by atoms with E-state index in [1.54, 1.807) is 0 Å². The molecule has 0 saturated heterocycles. The summed E-state index contributed by atoms with van der Waals surface area (Å²) in [4.78, 5) is 10.2. The zero-order valence-electron chi connectivity index (χ0n) is 11.5. The van der Waals surface area contributed by atoms with E-state index < -0.39 is 0 Å². The lowest BCUT2D eigenvalue weighted by Crippen LogP contribution is -1.97. The summed E-state index contributed by atoms with van der Waals surface area (Å²) in [5.41, 5.74) is 3.44. The van der Waals surface area contributed by atoms with E-state index in [2.05, 4.69) is 29.4 Å². The van der Waals surface area contributed by atoms with Crippen LogP contribution in [0.25, 0.3) is 0 Å². The zero-order chi connectivity index (χ0) is 14.0. The predicted molar refractivity (Wildman–Crippen MR) is 80.4 cm³/mol. The van der Waals surface area contributed by atoms with Gasteiger partial charge in [-0.3, -0.25) is 0 Å². The van der Waals surface area contributed by atoms with Gasteiger partial charge in [0.05, 0.1) is 6.61 Å². The maximum Gasteiger partial charge on any atom is 0.106 e. The lowest BCUT2D eigenvalue weighted by molar-refractivity contribution is 0.118. The van der Waals surface area contributed by atoms with Gasteiger partial charge in [-0.25, -0.2) is 0 Å². The molecule has 0 heterocycles. The van der Waals surface area contributed by atoms with E-state index in [1.807, 2.05) is 30.3 Å². The third-order valence-electron chi connectivity index (χ3n) is 3.14. The molecule has 2 aromatic rings. The van der Waals surface area contributed by atoms with Gasteiger partial charge in [-0.15, -0.1) is 0 Å². The molecule has 0 fully saturated rings. The Morgan fingerprint density at radius 3 is 2.25 bits per heavy atom. The molecule has 0 atom stereocenters. The van der Waals surface area contributed by atoms with Crippen LogP contribution in [0, 0.1) is 4.91 Å². The van der Waals surface area contributed by atoms with Crippen LogP contribution in [-0.2, 0) is 24.3 Å².